The van der Waals surface area contributed by atoms with Crippen LogP contribution in [0.5, 0.6) is 0 Å². The zero-order valence-corrected chi connectivity index (χ0v) is 13.2. The number of nitrogens with zero attached hydrogens (tertiary/aromatic N) is 3. The predicted octanol–water partition coefficient (Wildman–Crippen LogP) is -0.0509. The summed E-state index contributed by atoms with van der Waals surface area (Å²) in [5.41, 5.74) is -0.283. The van der Waals surface area contributed by atoms with Gasteiger partial charge in [-0.3, -0.25) is 9.59 Å². The molecule has 0 unspecified atom stereocenters. The highest BCUT2D eigenvalue weighted by molar-refractivity contribution is 6.02. The number of esters is 1. The second-order valence-corrected chi connectivity index (χ2v) is 5.39. The molecule has 1 saturated heterocycles. The lowest BCUT2D eigenvalue weighted by Gasteiger charge is -2.26. The number of ether oxygens (including phenoxy) is 2. The topological polar surface area (TPSA) is 90.7 Å². The van der Waals surface area contributed by atoms with Crippen molar-refractivity contribution in [2.75, 3.05) is 32.9 Å². The molecule has 0 saturated carbocycles. The number of amides is 1. The number of carbonyl (C=O) groups is 2. The van der Waals surface area contributed by atoms with Gasteiger partial charge in [0.15, 0.2) is 12.3 Å². The molecule has 1 amide bonds. The SMILES string of the molecule is Cn1nc(C(=O)OCC(=O)N2CCOCC2)c2ccccc2c1=O. The van der Waals surface area contributed by atoms with E-state index in [4.69, 9.17) is 9.47 Å². The van der Waals surface area contributed by atoms with Crippen molar-refractivity contribution in [2.45, 2.75) is 0 Å². The maximum atomic E-state index is 12.3. The molecule has 1 aliphatic rings. The van der Waals surface area contributed by atoms with Crippen molar-refractivity contribution in [3.63, 3.8) is 0 Å². The summed E-state index contributed by atoms with van der Waals surface area (Å²) >= 11 is 0. The Morgan fingerprint density at radius 3 is 2.58 bits per heavy atom. The summed E-state index contributed by atoms with van der Waals surface area (Å²) in [5.74, 6) is -1.01. The van der Waals surface area contributed by atoms with Gasteiger partial charge in [-0.1, -0.05) is 18.2 Å². The molecular weight excluding hydrogens is 314 g/mol. The molecule has 2 heterocycles. The summed E-state index contributed by atoms with van der Waals surface area (Å²) in [6.07, 6.45) is 0. The van der Waals surface area contributed by atoms with Gasteiger partial charge in [0.2, 0.25) is 0 Å². The summed E-state index contributed by atoms with van der Waals surface area (Å²) in [5, 5.41) is 4.76. The smallest absolute Gasteiger partial charge is 0.359 e. The first kappa shape index (κ1) is 16.1. The Kier molecular flexibility index (Phi) is 4.57. The fraction of sp³-hybridized carbons (Fsp3) is 0.375. The molecule has 1 fully saturated rings. The van der Waals surface area contributed by atoms with Crippen LogP contribution in [0.3, 0.4) is 0 Å². The van der Waals surface area contributed by atoms with Crippen LogP contribution in [0, 0.1) is 0 Å². The third kappa shape index (κ3) is 3.13. The molecule has 24 heavy (non-hydrogen) atoms. The van der Waals surface area contributed by atoms with Crippen LogP contribution in [0.4, 0.5) is 0 Å². The van der Waals surface area contributed by atoms with Gasteiger partial charge in [0.1, 0.15) is 0 Å². The molecule has 0 aliphatic carbocycles. The Labute approximate surface area is 137 Å². The Hall–Kier alpha value is -2.74. The lowest BCUT2D eigenvalue weighted by molar-refractivity contribution is -0.138. The van der Waals surface area contributed by atoms with E-state index in [1.807, 2.05) is 0 Å². The van der Waals surface area contributed by atoms with Crippen molar-refractivity contribution in [2.24, 2.45) is 7.05 Å². The minimum atomic E-state index is -0.733. The average molecular weight is 331 g/mol. The lowest BCUT2D eigenvalue weighted by Crippen LogP contribution is -2.42. The van der Waals surface area contributed by atoms with Gasteiger partial charge in [0.05, 0.1) is 18.6 Å². The van der Waals surface area contributed by atoms with Crippen molar-refractivity contribution < 1.29 is 19.1 Å². The van der Waals surface area contributed by atoms with Crippen LogP contribution in [0.2, 0.25) is 0 Å². The highest BCUT2D eigenvalue weighted by Crippen LogP contribution is 2.14. The van der Waals surface area contributed by atoms with Crippen LogP contribution in [-0.4, -0.2) is 59.5 Å². The van der Waals surface area contributed by atoms with E-state index in [1.165, 1.54) is 7.05 Å². The van der Waals surface area contributed by atoms with E-state index in [0.717, 1.165) is 4.68 Å². The number of carbonyl (C=O) groups excluding carboxylic acids is 2. The number of aryl methyl sites for hydroxylation is 1. The summed E-state index contributed by atoms with van der Waals surface area (Å²) in [7, 11) is 1.46. The summed E-state index contributed by atoms with van der Waals surface area (Å²) in [4.78, 5) is 38.0. The third-order valence-corrected chi connectivity index (χ3v) is 3.84. The van der Waals surface area contributed by atoms with Gasteiger partial charge >= 0.3 is 5.97 Å². The minimum Gasteiger partial charge on any atom is -0.451 e. The molecule has 3 rings (SSSR count). The van der Waals surface area contributed by atoms with Gasteiger partial charge < -0.3 is 14.4 Å². The Morgan fingerprint density at radius 1 is 1.21 bits per heavy atom. The van der Waals surface area contributed by atoms with E-state index < -0.39 is 5.97 Å². The van der Waals surface area contributed by atoms with Crippen LogP contribution in [0.25, 0.3) is 10.8 Å². The number of hydrogen-bond donors (Lipinski definition) is 0. The van der Waals surface area contributed by atoms with Crippen molar-refractivity contribution in [1.82, 2.24) is 14.7 Å². The number of fused-ring (bicyclic) bond motifs is 1. The Bertz CT molecular complexity index is 839. The van der Waals surface area contributed by atoms with Crippen molar-refractivity contribution in [3.8, 4) is 0 Å². The quantitative estimate of drug-likeness (QED) is 0.733. The molecule has 0 bridgehead atoms. The van der Waals surface area contributed by atoms with E-state index in [1.54, 1.807) is 29.2 Å². The van der Waals surface area contributed by atoms with E-state index >= 15 is 0 Å². The molecule has 0 N–H and O–H groups in total. The highest BCUT2D eigenvalue weighted by Gasteiger charge is 2.21. The van der Waals surface area contributed by atoms with Gasteiger partial charge in [-0.25, -0.2) is 9.48 Å². The minimum absolute atomic E-state index is 0.0162. The van der Waals surface area contributed by atoms with Gasteiger partial charge in [-0.15, -0.1) is 0 Å². The van der Waals surface area contributed by atoms with Crippen molar-refractivity contribution in [1.29, 1.82) is 0 Å². The van der Waals surface area contributed by atoms with E-state index in [2.05, 4.69) is 5.10 Å². The molecule has 1 aromatic carbocycles. The first-order valence-electron chi connectivity index (χ1n) is 7.56. The normalized spacial score (nSPS) is 14.6. The molecule has 1 aromatic heterocycles. The van der Waals surface area contributed by atoms with Crippen LogP contribution in [-0.2, 0) is 21.3 Å². The fourth-order valence-corrected chi connectivity index (χ4v) is 2.55. The second kappa shape index (κ2) is 6.79. The average Bonchev–Trinajstić information content (AvgIpc) is 2.63. The summed E-state index contributed by atoms with van der Waals surface area (Å²) < 4.78 is 11.4. The molecular formula is C16H17N3O5. The molecule has 8 nitrogen and oxygen atoms in total. The highest BCUT2D eigenvalue weighted by atomic mass is 16.5. The first-order valence-corrected chi connectivity index (χ1v) is 7.56. The number of aromatic nitrogens is 2. The van der Waals surface area contributed by atoms with E-state index in [9.17, 15) is 14.4 Å². The summed E-state index contributed by atoms with van der Waals surface area (Å²) in [6, 6.07) is 6.67. The van der Waals surface area contributed by atoms with Crippen LogP contribution in [0.1, 0.15) is 10.5 Å². The zero-order chi connectivity index (χ0) is 17.1. The Balaban J connectivity index is 1.78. The maximum Gasteiger partial charge on any atom is 0.359 e. The monoisotopic (exact) mass is 331 g/mol. The molecule has 0 radical (unpaired) electrons. The van der Waals surface area contributed by atoms with Crippen LogP contribution in [0.15, 0.2) is 29.1 Å². The standard InChI is InChI=1S/C16H17N3O5/c1-18-15(21)12-5-3-2-4-11(12)14(17-18)16(22)24-10-13(20)19-6-8-23-9-7-19/h2-5H,6-10H2,1H3. The van der Waals surface area contributed by atoms with Gasteiger partial charge in [-0.2, -0.15) is 5.10 Å². The van der Waals surface area contributed by atoms with Crippen molar-refractivity contribution in [3.05, 3.63) is 40.3 Å². The third-order valence-electron chi connectivity index (χ3n) is 3.84. The number of morpholine rings is 1. The molecule has 0 atom stereocenters. The predicted molar refractivity (Wildman–Crippen MR) is 84.7 cm³/mol. The summed E-state index contributed by atoms with van der Waals surface area (Å²) in [6.45, 7) is 1.56. The lowest BCUT2D eigenvalue weighted by atomic mass is 10.1. The van der Waals surface area contributed by atoms with Gasteiger partial charge in [0.25, 0.3) is 11.5 Å². The number of hydrogen-bond acceptors (Lipinski definition) is 6. The number of rotatable bonds is 3. The first-order chi connectivity index (χ1) is 11.6. The van der Waals surface area contributed by atoms with Crippen LogP contribution >= 0.6 is 0 Å². The van der Waals surface area contributed by atoms with Gasteiger partial charge in [0, 0.05) is 25.5 Å². The molecule has 8 heteroatoms. The zero-order valence-electron chi connectivity index (χ0n) is 13.2. The largest absolute Gasteiger partial charge is 0.451 e. The van der Waals surface area contributed by atoms with E-state index in [0.29, 0.717) is 37.1 Å². The molecule has 0 spiro atoms. The van der Waals surface area contributed by atoms with Crippen molar-refractivity contribution >= 4 is 22.6 Å². The number of benzene rings is 1. The van der Waals surface area contributed by atoms with E-state index in [-0.39, 0.29) is 23.8 Å². The maximum absolute atomic E-state index is 12.3. The molecule has 126 valence electrons. The molecule has 1 aliphatic heterocycles. The van der Waals surface area contributed by atoms with Crippen LogP contribution < -0.4 is 5.56 Å². The fourth-order valence-electron chi connectivity index (χ4n) is 2.55. The second-order valence-electron chi connectivity index (χ2n) is 5.39. The Morgan fingerprint density at radius 2 is 1.88 bits per heavy atom. The van der Waals surface area contributed by atoms with Gasteiger partial charge in [-0.05, 0) is 6.07 Å². The molecule has 2 aromatic rings.